The van der Waals surface area contributed by atoms with Crippen molar-refractivity contribution in [3.8, 4) is 5.88 Å². The van der Waals surface area contributed by atoms with Gasteiger partial charge in [0.25, 0.3) is 0 Å². The number of hydrogen-bond donors (Lipinski definition) is 0. The van der Waals surface area contributed by atoms with Crippen molar-refractivity contribution in [3.63, 3.8) is 0 Å². The molecule has 0 unspecified atom stereocenters. The average molecular weight is 295 g/mol. The Hall–Kier alpha value is -1.59. The molecule has 0 saturated carbocycles. The van der Waals surface area contributed by atoms with Crippen LogP contribution in [0, 0.1) is 0 Å². The molecule has 1 heterocycles. The summed E-state index contributed by atoms with van der Waals surface area (Å²) in [5, 5.41) is 0.648. The van der Waals surface area contributed by atoms with Gasteiger partial charge in [0.1, 0.15) is 0 Å². The Morgan fingerprint density at radius 3 is 2.89 bits per heavy atom. The maximum Gasteiger partial charge on any atom is 0.243 e. The van der Waals surface area contributed by atoms with Gasteiger partial charge in [0.2, 0.25) is 5.88 Å². The van der Waals surface area contributed by atoms with Gasteiger partial charge in [-0.3, -0.25) is 4.79 Å². The first kappa shape index (κ1) is 13.8. The maximum absolute atomic E-state index is 12.0. The molecule has 0 amide bonds. The van der Waals surface area contributed by atoms with Crippen LogP contribution in [0.15, 0.2) is 41.6 Å². The first-order valence-corrected chi connectivity index (χ1v) is 6.83. The number of carbonyl (C=O) groups excluding carboxylic acids is 1. The molecule has 0 fully saturated rings. The van der Waals surface area contributed by atoms with E-state index in [0.29, 0.717) is 5.02 Å². The number of carbonyl (C=O) groups is 1. The molecule has 98 valence electrons. The van der Waals surface area contributed by atoms with Crippen molar-refractivity contribution in [2.45, 2.75) is 4.90 Å². The second-order valence-electron chi connectivity index (χ2n) is 3.58. The van der Waals surface area contributed by atoms with Crippen LogP contribution in [0.25, 0.3) is 0 Å². The summed E-state index contributed by atoms with van der Waals surface area (Å²) in [6, 6.07) is 7.35. The van der Waals surface area contributed by atoms with E-state index in [1.165, 1.54) is 31.3 Å². The van der Waals surface area contributed by atoms with Crippen LogP contribution in [0.2, 0.25) is 5.02 Å². The van der Waals surface area contributed by atoms with Crippen molar-refractivity contribution < 1.29 is 9.53 Å². The summed E-state index contributed by atoms with van der Waals surface area (Å²) in [6.45, 7) is 0. The van der Waals surface area contributed by atoms with E-state index in [-0.39, 0.29) is 23.1 Å². The van der Waals surface area contributed by atoms with E-state index in [9.17, 15) is 4.79 Å². The lowest BCUT2D eigenvalue weighted by molar-refractivity contribution is 0.101. The molecule has 0 radical (unpaired) electrons. The molecule has 2 aromatic rings. The van der Waals surface area contributed by atoms with Gasteiger partial charge in [-0.1, -0.05) is 17.7 Å². The number of ether oxygens (including phenoxy) is 1. The van der Waals surface area contributed by atoms with Gasteiger partial charge >= 0.3 is 0 Å². The Kier molecular flexibility index (Phi) is 4.76. The third-order valence-corrected chi connectivity index (χ3v) is 3.52. The van der Waals surface area contributed by atoms with Crippen LogP contribution >= 0.6 is 23.4 Å². The molecule has 0 aliphatic heterocycles. The Balaban J connectivity index is 2.05. The molecule has 1 aromatic carbocycles. The fourth-order valence-corrected chi connectivity index (χ4v) is 2.51. The van der Waals surface area contributed by atoms with Gasteiger partial charge in [0, 0.05) is 22.3 Å². The van der Waals surface area contributed by atoms with Crippen LogP contribution in [0.3, 0.4) is 0 Å². The number of Topliss-reactive ketones (excluding diaryl/α,β-unsaturated/α-hetero) is 1. The minimum absolute atomic E-state index is 0.130. The zero-order chi connectivity index (χ0) is 13.7. The van der Waals surface area contributed by atoms with Gasteiger partial charge in [-0.15, -0.1) is 11.8 Å². The van der Waals surface area contributed by atoms with E-state index in [4.69, 9.17) is 16.3 Å². The topological polar surface area (TPSA) is 52.1 Å². The smallest absolute Gasteiger partial charge is 0.243 e. The molecule has 0 N–H and O–H groups in total. The zero-order valence-corrected chi connectivity index (χ0v) is 11.7. The Bertz CT molecular complexity index is 592. The predicted octanol–water partition coefficient (Wildman–Crippen LogP) is 3.11. The lowest BCUT2D eigenvalue weighted by atomic mass is 10.3. The number of hydrogen-bond acceptors (Lipinski definition) is 5. The van der Waals surface area contributed by atoms with Gasteiger partial charge < -0.3 is 4.74 Å². The van der Waals surface area contributed by atoms with Crippen molar-refractivity contribution in [1.29, 1.82) is 0 Å². The van der Waals surface area contributed by atoms with Crippen LogP contribution in [0.4, 0.5) is 0 Å². The molecule has 2 rings (SSSR count). The number of methoxy groups -OCH3 is 1. The van der Waals surface area contributed by atoms with Gasteiger partial charge in [0.15, 0.2) is 11.5 Å². The number of benzene rings is 1. The third-order valence-electron chi connectivity index (χ3n) is 2.29. The van der Waals surface area contributed by atoms with Gasteiger partial charge in [-0.05, 0) is 18.2 Å². The number of aromatic nitrogens is 2. The van der Waals surface area contributed by atoms with Gasteiger partial charge in [-0.2, -0.15) is 0 Å². The predicted molar refractivity (Wildman–Crippen MR) is 75.1 cm³/mol. The molecular formula is C13H11ClN2O2S. The fourth-order valence-electron chi connectivity index (χ4n) is 1.44. The number of ketones is 1. The van der Waals surface area contributed by atoms with Gasteiger partial charge in [0.05, 0.1) is 12.9 Å². The largest absolute Gasteiger partial charge is 0.479 e. The van der Waals surface area contributed by atoms with Crippen molar-refractivity contribution in [1.82, 2.24) is 9.97 Å². The molecule has 0 bridgehead atoms. The lowest BCUT2D eigenvalue weighted by Crippen LogP contribution is -2.08. The SMILES string of the molecule is COc1nccnc1C(=O)CSc1cccc(Cl)c1. The summed E-state index contributed by atoms with van der Waals surface area (Å²) in [4.78, 5) is 20.9. The fraction of sp³-hybridized carbons (Fsp3) is 0.154. The summed E-state index contributed by atoms with van der Waals surface area (Å²) in [6.07, 6.45) is 2.96. The molecule has 0 spiro atoms. The van der Waals surface area contributed by atoms with Crippen molar-refractivity contribution >= 4 is 29.1 Å². The monoisotopic (exact) mass is 294 g/mol. The molecule has 4 nitrogen and oxygen atoms in total. The summed E-state index contributed by atoms with van der Waals surface area (Å²) in [7, 11) is 1.46. The van der Waals surface area contributed by atoms with Crippen LogP contribution in [-0.4, -0.2) is 28.6 Å². The number of nitrogens with zero attached hydrogens (tertiary/aromatic N) is 2. The lowest BCUT2D eigenvalue weighted by Gasteiger charge is -2.05. The highest BCUT2D eigenvalue weighted by Crippen LogP contribution is 2.23. The Labute approximate surface area is 120 Å². The van der Waals surface area contributed by atoms with E-state index >= 15 is 0 Å². The Morgan fingerprint density at radius 1 is 1.37 bits per heavy atom. The van der Waals surface area contributed by atoms with Crippen LogP contribution < -0.4 is 4.74 Å². The summed E-state index contributed by atoms with van der Waals surface area (Å²) in [5.41, 5.74) is 0.250. The summed E-state index contributed by atoms with van der Waals surface area (Å²) < 4.78 is 5.01. The minimum Gasteiger partial charge on any atom is -0.479 e. The quantitative estimate of drug-likeness (QED) is 0.626. The molecular weight excluding hydrogens is 284 g/mol. The highest BCUT2D eigenvalue weighted by Gasteiger charge is 2.14. The second kappa shape index (κ2) is 6.54. The van der Waals surface area contributed by atoms with E-state index < -0.39 is 0 Å². The standard InChI is InChI=1S/C13H11ClN2O2S/c1-18-13-12(15-5-6-16-13)11(17)8-19-10-4-2-3-9(14)7-10/h2-7H,8H2,1H3. The molecule has 0 saturated heterocycles. The number of halogens is 1. The highest BCUT2D eigenvalue weighted by atomic mass is 35.5. The van der Waals surface area contributed by atoms with Crippen molar-refractivity contribution in [3.05, 3.63) is 47.4 Å². The molecule has 19 heavy (non-hydrogen) atoms. The minimum atomic E-state index is -0.130. The molecule has 0 aliphatic carbocycles. The van der Waals surface area contributed by atoms with E-state index in [0.717, 1.165) is 4.90 Å². The van der Waals surface area contributed by atoms with E-state index in [1.54, 1.807) is 6.07 Å². The first-order chi connectivity index (χ1) is 9.20. The average Bonchev–Trinajstić information content (AvgIpc) is 2.45. The molecule has 1 aromatic heterocycles. The first-order valence-electron chi connectivity index (χ1n) is 5.47. The van der Waals surface area contributed by atoms with Crippen molar-refractivity contribution in [2.75, 3.05) is 12.9 Å². The molecule has 0 aliphatic rings. The number of rotatable bonds is 5. The maximum atomic E-state index is 12.0. The summed E-state index contributed by atoms with van der Waals surface area (Å²) >= 11 is 7.28. The van der Waals surface area contributed by atoms with Crippen LogP contribution in [0.1, 0.15) is 10.5 Å². The number of thioether (sulfide) groups is 1. The van der Waals surface area contributed by atoms with E-state index in [1.807, 2.05) is 18.2 Å². The molecule has 0 atom stereocenters. The van der Waals surface area contributed by atoms with Crippen LogP contribution in [0.5, 0.6) is 5.88 Å². The van der Waals surface area contributed by atoms with Crippen LogP contribution in [-0.2, 0) is 0 Å². The molecule has 6 heteroatoms. The van der Waals surface area contributed by atoms with Crippen molar-refractivity contribution in [2.24, 2.45) is 0 Å². The zero-order valence-electron chi connectivity index (χ0n) is 10.2. The normalized spacial score (nSPS) is 10.2. The highest BCUT2D eigenvalue weighted by molar-refractivity contribution is 8.00. The van der Waals surface area contributed by atoms with E-state index in [2.05, 4.69) is 9.97 Å². The second-order valence-corrected chi connectivity index (χ2v) is 5.07. The summed E-state index contributed by atoms with van der Waals surface area (Å²) in [5.74, 6) is 0.379. The Morgan fingerprint density at radius 2 is 2.16 bits per heavy atom. The third kappa shape index (κ3) is 3.68. The van der Waals surface area contributed by atoms with Gasteiger partial charge in [-0.25, -0.2) is 9.97 Å².